The lowest BCUT2D eigenvalue weighted by atomic mass is 10.1. The van der Waals surface area contributed by atoms with Crippen LogP contribution in [-0.2, 0) is 6.54 Å². The molecule has 0 spiro atoms. The first kappa shape index (κ1) is 13.9. The summed E-state index contributed by atoms with van der Waals surface area (Å²) in [5.41, 5.74) is 1.68. The number of Topliss-reactive ketones (excluding diaryl/α,β-unsaturated/α-hetero) is 1. The van der Waals surface area contributed by atoms with E-state index in [1.54, 1.807) is 6.20 Å². The average molecular weight is 319 g/mol. The molecular formula is C15H15BrN2O. The minimum atomic E-state index is 0.103. The Morgan fingerprint density at radius 2 is 1.95 bits per heavy atom. The van der Waals surface area contributed by atoms with E-state index < -0.39 is 0 Å². The van der Waals surface area contributed by atoms with E-state index in [2.05, 4.69) is 20.9 Å². The molecule has 0 N–H and O–H groups in total. The van der Waals surface area contributed by atoms with Gasteiger partial charge in [-0.05, 0) is 25.2 Å². The topological polar surface area (TPSA) is 33.2 Å². The highest BCUT2D eigenvalue weighted by Gasteiger charge is 2.12. The van der Waals surface area contributed by atoms with Crippen LogP contribution in [0, 0.1) is 0 Å². The molecule has 1 heterocycles. The van der Waals surface area contributed by atoms with Gasteiger partial charge in [0.15, 0.2) is 5.78 Å². The molecule has 0 saturated heterocycles. The van der Waals surface area contributed by atoms with Crippen LogP contribution in [0.4, 0.5) is 0 Å². The number of carbonyl (C=O) groups is 1. The lowest BCUT2D eigenvalue weighted by Gasteiger charge is -2.15. The number of hydrogen-bond acceptors (Lipinski definition) is 3. The van der Waals surface area contributed by atoms with Crippen LogP contribution in [0.3, 0.4) is 0 Å². The van der Waals surface area contributed by atoms with E-state index in [0.29, 0.717) is 13.1 Å². The van der Waals surface area contributed by atoms with Gasteiger partial charge in [0.25, 0.3) is 0 Å². The van der Waals surface area contributed by atoms with Crippen molar-refractivity contribution in [3.63, 3.8) is 0 Å². The molecule has 2 rings (SSSR count). The quantitative estimate of drug-likeness (QED) is 0.794. The maximum atomic E-state index is 12.2. The molecule has 19 heavy (non-hydrogen) atoms. The predicted molar refractivity (Wildman–Crippen MR) is 79.0 cm³/mol. The van der Waals surface area contributed by atoms with E-state index in [9.17, 15) is 4.79 Å². The maximum absolute atomic E-state index is 12.2. The number of aromatic nitrogens is 1. The second kappa shape index (κ2) is 6.59. The Bertz CT molecular complexity index is 557. The van der Waals surface area contributed by atoms with Crippen LogP contribution in [0.5, 0.6) is 0 Å². The second-order valence-corrected chi connectivity index (χ2v) is 5.25. The molecule has 98 valence electrons. The molecule has 0 unspecified atom stereocenters. The van der Waals surface area contributed by atoms with Crippen molar-refractivity contribution in [2.75, 3.05) is 13.6 Å². The summed E-state index contributed by atoms with van der Waals surface area (Å²) in [5, 5.41) is 0. The van der Waals surface area contributed by atoms with Gasteiger partial charge in [-0.3, -0.25) is 14.7 Å². The van der Waals surface area contributed by atoms with Crippen molar-refractivity contribution in [1.29, 1.82) is 0 Å². The number of rotatable bonds is 5. The third-order valence-electron chi connectivity index (χ3n) is 2.75. The van der Waals surface area contributed by atoms with Gasteiger partial charge in [0, 0.05) is 22.8 Å². The highest BCUT2D eigenvalue weighted by molar-refractivity contribution is 9.10. The van der Waals surface area contributed by atoms with Gasteiger partial charge in [0.05, 0.1) is 12.2 Å². The molecule has 0 radical (unpaired) electrons. The lowest BCUT2D eigenvalue weighted by Crippen LogP contribution is -2.26. The number of ketones is 1. The molecule has 1 aromatic carbocycles. The highest BCUT2D eigenvalue weighted by Crippen LogP contribution is 2.16. The fraction of sp³-hybridized carbons (Fsp3) is 0.200. The molecule has 0 aliphatic carbocycles. The van der Waals surface area contributed by atoms with Crippen LogP contribution in [0.1, 0.15) is 16.1 Å². The van der Waals surface area contributed by atoms with Crippen molar-refractivity contribution in [3.8, 4) is 0 Å². The van der Waals surface area contributed by atoms with Crippen LogP contribution in [0.25, 0.3) is 0 Å². The number of benzene rings is 1. The third kappa shape index (κ3) is 3.98. The first-order valence-corrected chi connectivity index (χ1v) is 6.82. The van der Waals surface area contributed by atoms with Gasteiger partial charge in [0.2, 0.25) is 0 Å². The number of halogens is 1. The largest absolute Gasteiger partial charge is 0.293 e. The zero-order valence-corrected chi connectivity index (χ0v) is 12.3. The summed E-state index contributed by atoms with van der Waals surface area (Å²) in [7, 11) is 1.92. The van der Waals surface area contributed by atoms with Crippen LogP contribution >= 0.6 is 15.9 Å². The number of likely N-dealkylation sites (N-methyl/N-ethyl adjacent to an activating group) is 1. The Hall–Kier alpha value is -1.52. The van der Waals surface area contributed by atoms with Crippen molar-refractivity contribution < 1.29 is 4.79 Å². The summed E-state index contributed by atoms with van der Waals surface area (Å²) in [4.78, 5) is 18.4. The van der Waals surface area contributed by atoms with Crippen molar-refractivity contribution >= 4 is 21.7 Å². The second-order valence-electron chi connectivity index (χ2n) is 4.40. The van der Waals surface area contributed by atoms with Crippen LogP contribution in [0.15, 0.2) is 53.1 Å². The zero-order valence-electron chi connectivity index (χ0n) is 10.7. The molecule has 0 aliphatic rings. The number of carbonyl (C=O) groups excluding carboxylic acids is 1. The minimum Gasteiger partial charge on any atom is -0.293 e. The molecule has 0 amide bonds. The SMILES string of the molecule is CN(CC(=O)c1ccccc1Br)Cc1ccccn1. The number of pyridine rings is 1. The fourth-order valence-electron chi connectivity index (χ4n) is 1.84. The van der Waals surface area contributed by atoms with Crippen LogP contribution in [-0.4, -0.2) is 29.3 Å². The van der Waals surface area contributed by atoms with Crippen molar-refractivity contribution in [2.24, 2.45) is 0 Å². The van der Waals surface area contributed by atoms with E-state index in [-0.39, 0.29) is 5.78 Å². The van der Waals surface area contributed by atoms with Gasteiger partial charge in [0.1, 0.15) is 0 Å². The minimum absolute atomic E-state index is 0.103. The van der Waals surface area contributed by atoms with Gasteiger partial charge < -0.3 is 0 Å². The Kier molecular flexibility index (Phi) is 4.82. The monoisotopic (exact) mass is 318 g/mol. The van der Waals surface area contributed by atoms with E-state index in [0.717, 1.165) is 15.7 Å². The molecule has 0 aliphatic heterocycles. The normalized spacial score (nSPS) is 10.7. The van der Waals surface area contributed by atoms with Gasteiger partial charge in [-0.25, -0.2) is 0 Å². The van der Waals surface area contributed by atoms with Crippen molar-refractivity contribution in [3.05, 3.63) is 64.4 Å². The molecule has 1 aromatic heterocycles. The molecule has 4 heteroatoms. The number of nitrogens with zero attached hydrogens (tertiary/aromatic N) is 2. The van der Waals surface area contributed by atoms with E-state index >= 15 is 0 Å². The summed E-state index contributed by atoms with van der Waals surface area (Å²) in [6.07, 6.45) is 1.76. The van der Waals surface area contributed by atoms with E-state index in [1.165, 1.54) is 0 Å². The first-order chi connectivity index (χ1) is 9.16. The van der Waals surface area contributed by atoms with E-state index in [1.807, 2.05) is 54.4 Å². The first-order valence-electron chi connectivity index (χ1n) is 6.03. The Labute approximate surface area is 121 Å². The van der Waals surface area contributed by atoms with Crippen LogP contribution in [0.2, 0.25) is 0 Å². The van der Waals surface area contributed by atoms with E-state index in [4.69, 9.17) is 0 Å². The van der Waals surface area contributed by atoms with Gasteiger partial charge in [-0.1, -0.05) is 40.2 Å². The molecule has 3 nitrogen and oxygen atoms in total. The van der Waals surface area contributed by atoms with Gasteiger partial charge in [-0.2, -0.15) is 0 Å². The highest BCUT2D eigenvalue weighted by atomic mass is 79.9. The van der Waals surface area contributed by atoms with Gasteiger partial charge >= 0.3 is 0 Å². The molecule has 2 aromatic rings. The summed E-state index contributed by atoms with van der Waals surface area (Å²) in [6.45, 7) is 1.04. The summed E-state index contributed by atoms with van der Waals surface area (Å²) in [5.74, 6) is 0.103. The molecule has 0 atom stereocenters. The number of hydrogen-bond donors (Lipinski definition) is 0. The summed E-state index contributed by atoms with van der Waals surface area (Å²) in [6, 6.07) is 13.3. The predicted octanol–water partition coefficient (Wildman–Crippen LogP) is 3.16. The zero-order chi connectivity index (χ0) is 13.7. The summed E-state index contributed by atoms with van der Waals surface area (Å²) >= 11 is 3.40. The molecule has 0 saturated carbocycles. The third-order valence-corrected chi connectivity index (χ3v) is 3.44. The molecule has 0 bridgehead atoms. The Balaban J connectivity index is 1.98. The molecular weight excluding hydrogens is 304 g/mol. The standard InChI is InChI=1S/C15H15BrN2O/c1-18(10-12-6-4-5-9-17-12)11-15(19)13-7-2-3-8-14(13)16/h2-9H,10-11H2,1H3. The lowest BCUT2D eigenvalue weighted by molar-refractivity contribution is 0.0941. The maximum Gasteiger partial charge on any atom is 0.177 e. The van der Waals surface area contributed by atoms with Crippen molar-refractivity contribution in [1.82, 2.24) is 9.88 Å². The summed E-state index contributed by atoms with van der Waals surface area (Å²) < 4.78 is 0.839. The fourth-order valence-corrected chi connectivity index (χ4v) is 2.35. The Morgan fingerprint density at radius 1 is 1.21 bits per heavy atom. The average Bonchev–Trinajstić information content (AvgIpc) is 2.40. The smallest absolute Gasteiger partial charge is 0.177 e. The van der Waals surface area contributed by atoms with Crippen molar-refractivity contribution in [2.45, 2.75) is 6.54 Å². The molecule has 0 fully saturated rings. The van der Waals surface area contributed by atoms with Crippen LogP contribution < -0.4 is 0 Å². The Morgan fingerprint density at radius 3 is 2.63 bits per heavy atom. The van der Waals surface area contributed by atoms with Gasteiger partial charge in [-0.15, -0.1) is 0 Å².